The van der Waals surface area contributed by atoms with Crippen LogP contribution in [0, 0.1) is 5.82 Å². The van der Waals surface area contributed by atoms with Gasteiger partial charge in [0.2, 0.25) is 0 Å². The number of alkyl carbamates (subject to hydrolysis) is 1. The van der Waals surface area contributed by atoms with Crippen molar-refractivity contribution < 1.29 is 45.0 Å². The lowest BCUT2D eigenvalue weighted by Crippen LogP contribution is -2.33. The van der Waals surface area contributed by atoms with Crippen molar-refractivity contribution in [1.29, 1.82) is 0 Å². The van der Waals surface area contributed by atoms with Crippen molar-refractivity contribution in [3.05, 3.63) is 99.6 Å². The van der Waals surface area contributed by atoms with Crippen molar-refractivity contribution in [2.24, 2.45) is 0 Å². The standard InChI is InChI=1S/C31H31F7N2O3/c1-17(19-13-20(30(33,34)35)15-21(14-19)31(36,37)38)42-26-12-11-25-24(27(26)18-5-7-22(32)8-6-18)10-9-23(40-25)16-39-28(41)43-29(2,3)4/h5-10,13-15,17,26-27H,11-12,16H2,1-4H3,(H,39,41)/t17-,26+,27+/m1/s1. The quantitative estimate of drug-likeness (QED) is 0.284. The summed E-state index contributed by atoms with van der Waals surface area (Å²) >= 11 is 0. The monoisotopic (exact) mass is 612 g/mol. The molecule has 0 saturated carbocycles. The molecule has 1 amide bonds. The predicted molar refractivity (Wildman–Crippen MR) is 144 cm³/mol. The van der Waals surface area contributed by atoms with Crippen molar-refractivity contribution in [2.45, 2.75) is 83.2 Å². The number of fused-ring (bicyclic) bond motifs is 1. The van der Waals surface area contributed by atoms with E-state index >= 15 is 0 Å². The van der Waals surface area contributed by atoms with Crippen molar-refractivity contribution in [3.63, 3.8) is 0 Å². The van der Waals surface area contributed by atoms with Crippen LogP contribution in [0.5, 0.6) is 0 Å². The van der Waals surface area contributed by atoms with Crippen LogP contribution in [0.1, 0.15) is 85.3 Å². The number of aryl methyl sites for hydroxylation is 1. The number of nitrogens with zero attached hydrogens (tertiary/aromatic N) is 1. The summed E-state index contributed by atoms with van der Waals surface area (Å²) in [6.07, 6.45) is -11.7. The van der Waals surface area contributed by atoms with Crippen LogP contribution in [0.4, 0.5) is 35.5 Å². The Morgan fingerprint density at radius 2 is 1.56 bits per heavy atom. The van der Waals surface area contributed by atoms with Crippen LogP contribution in [0.25, 0.3) is 0 Å². The molecule has 1 N–H and O–H groups in total. The van der Waals surface area contributed by atoms with E-state index in [0.717, 1.165) is 5.56 Å². The van der Waals surface area contributed by atoms with Crippen LogP contribution < -0.4 is 5.32 Å². The van der Waals surface area contributed by atoms with Crippen molar-refractivity contribution in [3.8, 4) is 0 Å². The highest BCUT2D eigenvalue weighted by molar-refractivity contribution is 5.67. The van der Waals surface area contributed by atoms with Gasteiger partial charge in [-0.05, 0) is 93.6 Å². The number of nitrogens with one attached hydrogen (secondary N) is 1. The Hall–Kier alpha value is -3.67. The van der Waals surface area contributed by atoms with Crippen molar-refractivity contribution in [2.75, 3.05) is 0 Å². The maximum absolute atomic E-state index is 13.8. The number of amides is 1. The van der Waals surface area contributed by atoms with Gasteiger partial charge in [0.15, 0.2) is 0 Å². The van der Waals surface area contributed by atoms with E-state index in [0.29, 0.717) is 41.9 Å². The molecule has 2 aromatic carbocycles. The minimum atomic E-state index is -4.99. The summed E-state index contributed by atoms with van der Waals surface area (Å²) in [7, 11) is 0. The number of rotatable bonds is 6. The third kappa shape index (κ3) is 8.25. The number of alkyl halides is 6. The Balaban J connectivity index is 1.63. The van der Waals surface area contributed by atoms with E-state index in [9.17, 15) is 35.5 Å². The molecule has 1 aliphatic rings. The van der Waals surface area contributed by atoms with E-state index in [2.05, 4.69) is 10.3 Å². The van der Waals surface area contributed by atoms with Gasteiger partial charge in [-0.15, -0.1) is 0 Å². The first-order valence-corrected chi connectivity index (χ1v) is 13.6. The zero-order valence-electron chi connectivity index (χ0n) is 23.9. The number of pyridine rings is 1. The molecule has 0 radical (unpaired) electrons. The number of carbonyl (C=O) groups excluding carboxylic acids is 1. The highest BCUT2D eigenvalue weighted by Gasteiger charge is 2.39. The number of halogens is 7. The normalized spacial score (nSPS) is 18.1. The molecule has 0 aliphatic heterocycles. The van der Waals surface area contributed by atoms with E-state index in [-0.39, 0.29) is 18.2 Å². The molecule has 43 heavy (non-hydrogen) atoms. The van der Waals surface area contributed by atoms with Gasteiger partial charge in [-0.25, -0.2) is 9.18 Å². The van der Waals surface area contributed by atoms with Gasteiger partial charge in [0.25, 0.3) is 0 Å². The molecule has 0 bridgehead atoms. The lowest BCUT2D eigenvalue weighted by atomic mass is 9.78. The maximum Gasteiger partial charge on any atom is 0.416 e. The van der Waals surface area contributed by atoms with E-state index in [4.69, 9.17) is 9.47 Å². The van der Waals surface area contributed by atoms with Crippen LogP contribution in [0.3, 0.4) is 0 Å². The first-order valence-electron chi connectivity index (χ1n) is 13.6. The largest absolute Gasteiger partial charge is 0.444 e. The molecule has 4 rings (SSSR count). The third-order valence-corrected chi connectivity index (χ3v) is 6.94. The smallest absolute Gasteiger partial charge is 0.416 e. The van der Waals surface area contributed by atoms with Gasteiger partial charge in [-0.3, -0.25) is 4.98 Å². The summed E-state index contributed by atoms with van der Waals surface area (Å²) in [4.78, 5) is 16.7. The fraction of sp³-hybridized carbons (Fsp3) is 0.419. The van der Waals surface area contributed by atoms with Gasteiger partial charge < -0.3 is 14.8 Å². The summed E-state index contributed by atoms with van der Waals surface area (Å²) in [5.74, 6) is -1.02. The molecule has 0 saturated heterocycles. The Morgan fingerprint density at radius 3 is 2.12 bits per heavy atom. The molecule has 5 nitrogen and oxygen atoms in total. The molecule has 1 aromatic heterocycles. The van der Waals surface area contributed by atoms with Crippen LogP contribution in [0.15, 0.2) is 54.6 Å². The third-order valence-electron chi connectivity index (χ3n) is 6.94. The average molecular weight is 613 g/mol. The fourth-order valence-electron chi connectivity index (χ4n) is 5.03. The van der Waals surface area contributed by atoms with E-state index < -0.39 is 59.1 Å². The lowest BCUT2D eigenvalue weighted by molar-refractivity contribution is -0.143. The van der Waals surface area contributed by atoms with Crippen LogP contribution >= 0.6 is 0 Å². The Labute approximate surface area is 244 Å². The van der Waals surface area contributed by atoms with Gasteiger partial charge in [0, 0.05) is 11.6 Å². The highest BCUT2D eigenvalue weighted by atomic mass is 19.4. The second-order valence-electron chi connectivity index (χ2n) is 11.4. The molecule has 0 spiro atoms. The number of aromatic nitrogens is 1. The second-order valence-corrected chi connectivity index (χ2v) is 11.4. The lowest BCUT2D eigenvalue weighted by Gasteiger charge is -2.35. The van der Waals surface area contributed by atoms with Gasteiger partial charge >= 0.3 is 18.4 Å². The summed E-state index contributed by atoms with van der Waals surface area (Å²) in [6.45, 7) is 6.71. The number of hydrogen-bond acceptors (Lipinski definition) is 4. The van der Waals surface area contributed by atoms with Crippen LogP contribution in [-0.4, -0.2) is 22.8 Å². The second kappa shape index (κ2) is 12.1. The van der Waals surface area contributed by atoms with E-state index in [1.165, 1.54) is 19.1 Å². The molecule has 3 atom stereocenters. The summed E-state index contributed by atoms with van der Waals surface area (Å²) in [6, 6.07) is 10.5. The van der Waals surface area contributed by atoms with Crippen molar-refractivity contribution >= 4 is 6.09 Å². The predicted octanol–water partition coefficient (Wildman–Crippen LogP) is 8.51. The molecule has 0 fully saturated rings. The van der Waals surface area contributed by atoms with Gasteiger partial charge in [0.05, 0.1) is 35.6 Å². The zero-order chi connectivity index (χ0) is 31.7. The molecule has 232 valence electrons. The molecular formula is C31H31F7N2O3. The molecule has 12 heteroatoms. The van der Waals surface area contributed by atoms with Gasteiger partial charge in [0.1, 0.15) is 11.4 Å². The SMILES string of the molecule is C[C@@H](O[C@H]1CCc2nc(CNC(=O)OC(C)(C)C)ccc2[C@@H]1c1ccc(F)cc1)c1cc(C(F)(F)F)cc(C(F)(F)F)c1. The number of hydrogen-bond donors (Lipinski definition) is 1. The topological polar surface area (TPSA) is 60.5 Å². The summed E-state index contributed by atoms with van der Waals surface area (Å²) in [5.41, 5.74) is -1.20. The number of carbonyl (C=O) groups is 1. The van der Waals surface area contributed by atoms with Crippen molar-refractivity contribution in [1.82, 2.24) is 10.3 Å². The Kier molecular flexibility index (Phi) is 9.10. The summed E-state index contributed by atoms with van der Waals surface area (Å²) in [5, 5.41) is 2.64. The minimum Gasteiger partial charge on any atom is -0.444 e. The maximum atomic E-state index is 13.8. The molecule has 1 heterocycles. The first kappa shape index (κ1) is 32.2. The Bertz CT molecular complexity index is 1420. The minimum absolute atomic E-state index is 0.0787. The van der Waals surface area contributed by atoms with E-state index in [1.807, 2.05) is 0 Å². The highest BCUT2D eigenvalue weighted by Crippen LogP contribution is 2.42. The van der Waals surface area contributed by atoms with Crippen LogP contribution in [-0.2, 0) is 34.8 Å². The van der Waals surface area contributed by atoms with Gasteiger partial charge in [-0.1, -0.05) is 18.2 Å². The fourth-order valence-corrected chi connectivity index (χ4v) is 5.03. The van der Waals surface area contributed by atoms with E-state index in [1.54, 1.807) is 45.0 Å². The first-order chi connectivity index (χ1) is 19.9. The molecular weight excluding hydrogens is 581 g/mol. The molecule has 1 aliphatic carbocycles. The molecule has 3 aromatic rings. The average Bonchev–Trinajstić information content (AvgIpc) is 2.90. The number of ether oxygens (including phenoxy) is 2. The van der Waals surface area contributed by atoms with Gasteiger partial charge in [-0.2, -0.15) is 26.3 Å². The Morgan fingerprint density at radius 1 is 0.953 bits per heavy atom. The zero-order valence-corrected chi connectivity index (χ0v) is 23.9. The number of benzene rings is 2. The molecule has 0 unspecified atom stereocenters. The van der Waals surface area contributed by atoms with Crippen LogP contribution in [0.2, 0.25) is 0 Å². The summed E-state index contributed by atoms with van der Waals surface area (Å²) < 4.78 is 106.